The minimum Gasteiger partial charge on any atom is -0.372 e. The molecule has 1 heterocycles. The molecule has 5 nitrogen and oxygen atoms in total. The Morgan fingerprint density at radius 1 is 0.964 bits per heavy atom. The first-order valence-electron chi connectivity index (χ1n) is 9.06. The van der Waals surface area contributed by atoms with Crippen molar-refractivity contribution in [3.8, 4) is 0 Å². The molecule has 0 radical (unpaired) electrons. The van der Waals surface area contributed by atoms with Gasteiger partial charge >= 0.3 is 0 Å². The third-order valence-electron chi connectivity index (χ3n) is 4.97. The first-order chi connectivity index (χ1) is 13.5. The summed E-state index contributed by atoms with van der Waals surface area (Å²) in [5.41, 5.74) is 1.45. The summed E-state index contributed by atoms with van der Waals surface area (Å²) >= 11 is 0. The van der Waals surface area contributed by atoms with E-state index in [1.54, 1.807) is 48.5 Å². The van der Waals surface area contributed by atoms with Gasteiger partial charge in [0.05, 0.1) is 5.69 Å². The lowest BCUT2D eigenvalue weighted by Crippen LogP contribution is -2.44. The molecule has 2 N–H and O–H groups in total. The summed E-state index contributed by atoms with van der Waals surface area (Å²) in [6.07, 6.45) is 0. The summed E-state index contributed by atoms with van der Waals surface area (Å²) in [6, 6.07) is 23.3. The van der Waals surface area contributed by atoms with Crippen LogP contribution in [0, 0.1) is 6.92 Å². The highest BCUT2D eigenvalue weighted by molar-refractivity contribution is 6.12. The molecule has 0 saturated carbocycles. The number of amides is 2. The van der Waals surface area contributed by atoms with Crippen molar-refractivity contribution in [2.75, 3.05) is 16.8 Å². The highest BCUT2D eigenvalue weighted by atomic mass is 16.3. The van der Waals surface area contributed by atoms with E-state index in [1.165, 1.54) is 4.90 Å². The van der Waals surface area contributed by atoms with Crippen LogP contribution in [-0.2, 0) is 15.2 Å². The van der Waals surface area contributed by atoms with Gasteiger partial charge in [-0.3, -0.25) is 14.5 Å². The van der Waals surface area contributed by atoms with Gasteiger partial charge in [0.2, 0.25) is 5.91 Å². The Morgan fingerprint density at radius 2 is 1.61 bits per heavy atom. The maximum absolute atomic E-state index is 13.2. The lowest BCUT2D eigenvalue weighted by atomic mass is 9.88. The molecule has 2 amide bonds. The van der Waals surface area contributed by atoms with E-state index in [-0.39, 0.29) is 12.5 Å². The van der Waals surface area contributed by atoms with Crippen molar-refractivity contribution in [1.29, 1.82) is 0 Å². The normalized spacial score (nSPS) is 18.1. The number of hydrogen-bond donors (Lipinski definition) is 2. The number of hydrogen-bond acceptors (Lipinski definition) is 3. The number of carbonyl (C=O) groups is 2. The van der Waals surface area contributed by atoms with Crippen LogP contribution in [0.25, 0.3) is 0 Å². The van der Waals surface area contributed by atoms with E-state index in [4.69, 9.17) is 0 Å². The van der Waals surface area contributed by atoms with Crippen LogP contribution in [0.1, 0.15) is 16.7 Å². The Labute approximate surface area is 163 Å². The summed E-state index contributed by atoms with van der Waals surface area (Å²) < 4.78 is 0. The molecule has 0 saturated heterocycles. The summed E-state index contributed by atoms with van der Waals surface area (Å²) in [5, 5.41) is 14.2. The second-order valence-electron chi connectivity index (χ2n) is 6.90. The molecular formula is C23H20N2O3. The maximum atomic E-state index is 13.2. The van der Waals surface area contributed by atoms with Gasteiger partial charge in [0, 0.05) is 11.3 Å². The van der Waals surface area contributed by atoms with Gasteiger partial charge in [0.25, 0.3) is 5.91 Å². The lowest BCUT2D eigenvalue weighted by Gasteiger charge is -2.23. The molecule has 1 aliphatic rings. The maximum Gasteiger partial charge on any atom is 0.268 e. The number of nitrogens with one attached hydrogen (secondary N) is 1. The zero-order valence-electron chi connectivity index (χ0n) is 15.4. The molecule has 28 heavy (non-hydrogen) atoms. The third kappa shape index (κ3) is 2.96. The second-order valence-corrected chi connectivity index (χ2v) is 6.90. The zero-order chi connectivity index (χ0) is 19.7. The number of carbonyl (C=O) groups excluding carboxylic acids is 2. The van der Waals surface area contributed by atoms with Gasteiger partial charge < -0.3 is 10.4 Å². The fourth-order valence-electron chi connectivity index (χ4n) is 3.53. The summed E-state index contributed by atoms with van der Waals surface area (Å²) in [4.78, 5) is 27.1. The summed E-state index contributed by atoms with van der Waals surface area (Å²) in [5.74, 6) is -0.858. The number of anilines is 2. The van der Waals surface area contributed by atoms with Crippen molar-refractivity contribution in [3.05, 3.63) is 95.6 Å². The van der Waals surface area contributed by atoms with Crippen molar-refractivity contribution in [3.63, 3.8) is 0 Å². The Hall–Kier alpha value is -3.44. The van der Waals surface area contributed by atoms with Crippen LogP contribution >= 0.6 is 0 Å². The number of benzene rings is 3. The molecular weight excluding hydrogens is 352 g/mol. The van der Waals surface area contributed by atoms with Gasteiger partial charge in [-0.15, -0.1) is 0 Å². The van der Waals surface area contributed by atoms with Crippen molar-refractivity contribution in [2.24, 2.45) is 0 Å². The van der Waals surface area contributed by atoms with E-state index < -0.39 is 11.5 Å². The Bertz CT molecular complexity index is 1030. The Kier molecular flexibility index (Phi) is 4.45. The van der Waals surface area contributed by atoms with Crippen LogP contribution < -0.4 is 10.2 Å². The highest BCUT2D eigenvalue weighted by Crippen LogP contribution is 2.44. The molecule has 0 fully saturated rings. The van der Waals surface area contributed by atoms with E-state index in [0.717, 1.165) is 5.56 Å². The fourth-order valence-corrected chi connectivity index (χ4v) is 3.53. The predicted molar refractivity (Wildman–Crippen MR) is 108 cm³/mol. The van der Waals surface area contributed by atoms with Crippen molar-refractivity contribution in [2.45, 2.75) is 12.5 Å². The van der Waals surface area contributed by atoms with Crippen LogP contribution in [0.5, 0.6) is 0 Å². The standard InChI is InChI=1S/C23H20N2O3/c1-16-11-13-18(14-12-16)24-21(26)15-25-20-10-6-5-9-19(20)23(28,22(25)27)17-7-3-2-4-8-17/h2-14,28H,15H2,1H3,(H,24,26)/t23-/m0/s1. The Morgan fingerprint density at radius 3 is 2.32 bits per heavy atom. The second kappa shape index (κ2) is 6.94. The van der Waals surface area contributed by atoms with Crippen molar-refractivity contribution in [1.82, 2.24) is 0 Å². The van der Waals surface area contributed by atoms with Crippen LogP contribution in [0.15, 0.2) is 78.9 Å². The number of nitrogens with zero attached hydrogens (tertiary/aromatic N) is 1. The molecule has 0 spiro atoms. The van der Waals surface area contributed by atoms with Gasteiger partial charge in [-0.1, -0.05) is 66.2 Å². The fraction of sp³-hybridized carbons (Fsp3) is 0.130. The molecule has 3 aromatic rings. The number of para-hydroxylation sites is 1. The molecule has 0 aromatic heterocycles. The van der Waals surface area contributed by atoms with E-state index in [2.05, 4.69) is 5.32 Å². The summed E-state index contributed by atoms with van der Waals surface area (Å²) in [6.45, 7) is 1.79. The minimum atomic E-state index is -1.80. The first-order valence-corrected chi connectivity index (χ1v) is 9.06. The summed E-state index contributed by atoms with van der Waals surface area (Å²) in [7, 11) is 0. The van der Waals surface area contributed by atoms with Crippen molar-refractivity contribution < 1.29 is 14.7 Å². The molecule has 0 aliphatic carbocycles. The van der Waals surface area contributed by atoms with Crippen LogP contribution in [0.2, 0.25) is 0 Å². The zero-order valence-corrected chi connectivity index (χ0v) is 15.4. The number of aryl methyl sites for hydroxylation is 1. The molecule has 0 bridgehead atoms. The van der Waals surface area contributed by atoms with Crippen molar-refractivity contribution >= 4 is 23.2 Å². The molecule has 140 valence electrons. The molecule has 0 unspecified atom stereocenters. The molecule has 1 atom stereocenters. The monoisotopic (exact) mass is 372 g/mol. The number of aliphatic hydroxyl groups is 1. The smallest absolute Gasteiger partial charge is 0.268 e. The largest absolute Gasteiger partial charge is 0.372 e. The first kappa shape index (κ1) is 17.9. The van der Waals surface area contributed by atoms with Crippen LogP contribution in [0.3, 0.4) is 0 Å². The van der Waals surface area contributed by atoms with E-state index in [9.17, 15) is 14.7 Å². The predicted octanol–water partition coefficient (Wildman–Crippen LogP) is 3.22. The minimum absolute atomic E-state index is 0.182. The van der Waals surface area contributed by atoms with E-state index in [0.29, 0.717) is 22.5 Å². The average molecular weight is 372 g/mol. The van der Waals surface area contributed by atoms with Gasteiger partial charge in [0.15, 0.2) is 5.60 Å². The lowest BCUT2D eigenvalue weighted by molar-refractivity contribution is -0.133. The van der Waals surface area contributed by atoms with Gasteiger partial charge in [-0.05, 0) is 30.7 Å². The van der Waals surface area contributed by atoms with Gasteiger partial charge in [0.1, 0.15) is 6.54 Å². The SMILES string of the molecule is Cc1ccc(NC(=O)CN2C(=O)[C@](O)(c3ccccc3)c3ccccc32)cc1. The topological polar surface area (TPSA) is 69.6 Å². The van der Waals surface area contributed by atoms with Crippen LogP contribution in [-0.4, -0.2) is 23.5 Å². The van der Waals surface area contributed by atoms with E-state index >= 15 is 0 Å². The third-order valence-corrected chi connectivity index (χ3v) is 4.97. The number of rotatable bonds is 4. The quantitative estimate of drug-likeness (QED) is 0.739. The molecule has 5 heteroatoms. The highest BCUT2D eigenvalue weighted by Gasteiger charge is 2.51. The Balaban J connectivity index is 1.64. The van der Waals surface area contributed by atoms with Crippen LogP contribution in [0.4, 0.5) is 11.4 Å². The molecule has 1 aliphatic heterocycles. The van der Waals surface area contributed by atoms with E-state index in [1.807, 2.05) is 37.3 Å². The van der Waals surface area contributed by atoms with Gasteiger partial charge in [-0.25, -0.2) is 0 Å². The van der Waals surface area contributed by atoms with Gasteiger partial charge in [-0.2, -0.15) is 0 Å². The number of fused-ring (bicyclic) bond motifs is 1. The average Bonchev–Trinajstić information content (AvgIpc) is 2.93. The molecule has 4 rings (SSSR count). The molecule has 3 aromatic carbocycles.